The van der Waals surface area contributed by atoms with E-state index in [4.69, 9.17) is 28.3 Å². The molecular weight excluding hydrogens is 299 g/mol. The van der Waals surface area contributed by atoms with Crippen molar-refractivity contribution in [1.29, 1.82) is 0 Å². The van der Waals surface area contributed by atoms with Crippen LogP contribution in [0.25, 0.3) is 0 Å². The highest BCUT2D eigenvalue weighted by Crippen LogP contribution is 2.16. The van der Waals surface area contributed by atoms with Crippen molar-refractivity contribution in [3.8, 4) is 0 Å². The number of halogens is 2. The Bertz CT molecular complexity index is 615. The summed E-state index contributed by atoms with van der Waals surface area (Å²) in [5.74, 6) is -0.385. The third kappa shape index (κ3) is 3.70. The fraction of sp³-hybridized carbons (Fsp3) is 0.143. The van der Waals surface area contributed by atoms with Crippen molar-refractivity contribution in [2.75, 3.05) is 0 Å². The maximum Gasteiger partial charge on any atom is 0.271 e. The molecule has 104 valence electrons. The molecule has 0 spiro atoms. The highest BCUT2D eigenvalue weighted by Gasteiger charge is 2.12. The minimum atomic E-state index is -0.385. The first-order valence-corrected chi connectivity index (χ1v) is 6.64. The second-order valence-corrected chi connectivity index (χ2v) is 4.92. The summed E-state index contributed by atoms with van der Waals surface area (Å²) in [7, 11) is 0. The SMILES string of the molecule is O=C(NCc1ccc(CO)cc1)c1nc(Cl)ccc1Cl. The maximum absolute atomic E-state index is 12.0. The molecule has 2 rings (SSSR count). The minimum Gasteiger partial charge on any atom is -0.392 e. The third-order valence-electron chi connectivity index (χ3n) is 2.69. The van der Waals surface area contributed by atoms with Gasteiger partial charge in [0.1, 0.15) is 10.8 Å². The first-order valence-electron chi connectivity index (χ1n) is 5.89. The van der Waals surface area contributed by atoms with Crippen LogP contribution in [0.2, 0.25) is 10.2 Å². The molecule has 4 nitrogen and oxygen atoms in total. The molecule has 0 aliphatic carbocycles. The number of nitrogens with zero attached hydrogens (tertiary/aromatic N) is 1. The van der Waals surface area contributed by atoms with Gasteiger partial charge in [0.05, 0.1) is 11.6 Å². The number of hydrogen-bond donors (Lipinski definition) is 2. The largest absolute Gasteiger partial charge is 0.392 e. The number of pyridine rings is 1. The number of benzene rings is 1. The van der Waals surface area contributed by atoms with Gasteiger partial charge in [0.25, 0.3) is 5.91 Å². The molecule has 20 heavy (non-hydrogen) atoms. The highest BCUT2D eigenvalue weighted by atomic mass is 35.5. The van der Waals surface area contributed by atoms with Gasteiger partial charge in [0.2, 0.25) is 0 Å². The number of hydrogen-bond acceptors (Lipinski definition) is 3. The lowest BCUT2D eigenvalue weighted by Gasteiger charge is -2.07. The lowest BCUT2D eigenvalue weighted by atomic mass is 10.1. The van der Waals surface area contributed by atoms with E-state index in [2.05, 4.69) is 10.3 Å². The lowest BCUT2D eigenvalue weighted by molar-refractivity contribution is 0.0946. The van der Waals surface area contributed by atoms with Crippen LogP contribution < -0.4 is 5.32 Å². The van der Waals surface area contributed by atoms with Gasteiger partial charge in [-0.3, -0.25) is 4.79 Å². The van der Waals surface area contributed by atoms with Crippen molar-refractivity contribution in [2.24, 2.45) is 0 Å². The van der Waals surface area contributed by atoms with Gasteiger partial charge >= 0.3 is 0 Å². The van der Waals surface area contributed by atoms with Crippen LogP contribution in [-0.2, 0) is 13.2 Å². The molecule has 2 N–H and O–H groups in total. The summed E-state index contributed by atoms with van der Waals surface area (Å²) < 4.78 is 0. The predicted octanol–water partition coefficient (Wildman–Crippen LogP) is 2.81. The van der Waals surface area contributed by atoms with E-state index in [0.717, 1.165) is 11.1 Å². The van der Waals surface area contributed by atoms with Gasteiger partial charge in [-0.15, -0.1) is 0 Å². The zero-order valence-corrected chi connectivity index (χ0v) is 11.9. The Morgan fingerprint density at radius 1 is 1.10 bits per heavy atom. The molecule has 1 aromatic heterocycles. The minimum absolute atomic E-state index is 0.00528. The summed E-state index contributed by atoms with van der Waals surface area (Å²) in [4.78, 5) is 15.9. The number of nitrogens with one attached hydrogen (secondary N) is 1. The fourth-order valence-corrected chi connectivity index (χ4v) is 1.94. The normalized spacial score (nSPS) is 10.3. The zero-order chi connectivity index (χ0) is 14.5. The van der Waals surface area contributed by atoms with Crippen LogP contribution in [0, 0.1) is 0 Å². The topological polar surface area (TPSA) is 62.2 Å². The smallest absolute Gasteiger partial charge is 0.271 e. The van der Waals surface area contributed by atoms with Crippen LogP contribution in [0.1, 0.15) is 21.6 Å². The molecule has 0 aliphatic heterocycles. The quantitative estimate of drug-likeness (QED) is 0.854. The Labute approximate surface area is 126 Å². The summed E-state index contributed by atoms with van der Waals surface area (Å²) in [6, 6.07) is 10.3. The van der Waals surface area contributed by atoms with E-state index in [1.807, 2.05) is 12.1 Å². The standard InChI is InChI=1S/C14H12Cl2N2O2/c15-11-5-6-12(16)18-13(11)14(20)17-7-9-1-3-10(8-19)4-2-9/h1-6,19H,7-8H2,(H,17,20). The van der Waals surface area contributed by atoms with Gasteiger partial charge in [-0.1, -0.05) is 47.5 Å². The molecule has 2 aromatic rings. The Morgan fingerprint density at radius 3 is 2.40 bits per heavy atom. The van der Waals surface area contributed by atoms with E-state index in [-0.39, 0.29) is 28.4 Å². The average Bonchev–Trinajstić information content (AvgIpc) is 2.47. The van der Waals surface area contributed by atoms with Crippen molar-refractivity contribution < 1.29 is 9.90 Å². The van der Waals surface area contributed by atoms with E-state index in [0.29, 0.717) is 6.54 Å². The van der Waals surface area contributed by atoms with Crippen LogP contribution in [0.15, 0.2) is 36.4 Å². The molecule has 0 fully saturated rings. The monoisotopic (exact) mass is 310 g/mol. The van der Waals surface area contributed by atoms with Gasteiger partial charge < -0.3 is 10.4 Å². The van der Waals surface area contributed by atoms with E-state index in [9.17, 15) is 4.79 Å². The first-order chi connectivity index (χ1) is 9.60. The predicted molar refractivity (Wildman–Crippen MR) is 77.8 cm³/mol. The van der Waals surface area contributed by atoms with Gasteiger partial charge in [-0.2, -0.15) is 0 Å². The number of aliphatic hydroxyl groups excluding tert-OH is 1. The second kappa shape index (κ2) is 6.70. The van der Waals surface area contributed by atoms with E-state index >= 15 is 0 Å². The van der Waals surface area contributed by atoms with Crippen molar-refractivity contribution in [3.05, 3.63) is 63.4 Å². The fourth-order valence-electron chi connectivity index (χ4n) is 1.61. The molecule has 0 aliphatic rings. The van der Waals surface area contributed by atoms with Crippen molar-refractivity contribution in [1.82, 2.24) is 10.3 Å². The number of carbonyl (C=O) groups is 1. The molecule has 0 bridgehead atoms. The zero-order valence-electron chi connectivity index (χ0n) is 10.4. The summed E-state index contributed by atoms with van der Waals surface area (Å²) in [6.45, 7) is 0.337. The molecule has 0 saturated carbocycles. The van der Waals surface area contributed by atoms with Crippen LogP contribution >= 0.6 is 23.2 Å². The van der Waals surface area contributed by atoms with E-state index in [1.165, 1.54) is 12.1 Å². The summed E-state index contributed by atoms with van der Waals surface area (Å²) >= 11 is 11.6. The molecule has 1 heterocycles. The van der Waals surface area contributed by atoms with Crippen molar-refractivity contribution in [2.45, 2.75) is 13.2 Å². The van der Waals surface area contributed by atoms with E-state index < -0.39 is 0 Å². The first kappa shape index (κ1) is 14.8. The third-order valence-corrected chi connectivity index (χ3v) is 3.20. The molecule has 0 radical (unpaired) electrons. The van der Waals surface area contributed by atoms with Gasteiger partial charge in [-0.25, -0.2) is 4.98 Å². The Hall–Kier alpha value is -1.62. The van der Waals surface area contributed by atoms with Crippen LogP contribution in [0.4, 0.5) is 0 Å². The van der Waals surface area contributed by atoms with Gasteiger partial charge in [0, 0.05) is 6.54 Å². The molecular formula is C14H12Cl2N2O2. The number of aliphatic hydroxyl groups is 1. The Kier molecular flexibility index (Phi) is 4.95. The number of aromatic nitrogens is 1. The number of amides is 1. The number of rotatable bonds is 4. The van der Waals surface area contributed by atoms with Crippen molar-refractivity contribution in [3.63, 3.8) is 0 Å². The van der Waals surface area contributed by atoms with Gasteiger partial charge in [0.15, 0.2) is 0 Å². The molecule has 1 amide bonds. The van der Waals surface area contributed by atoms with Crippen LogP contribution in [0.5, 0.6) is 0 Å². The Balaban J connectivity index is 2.02. The lowest BCUT2D eigenvalue weighted by Crippen LogP contribution is -2.24. The highest BCUT2D eigenvalue weighted by molar-refractivity contribution is 6.34. The van der Waals surface area contributed by atoms with Crippen LogP contribution in [0.3, 0.4) is 0 Å². The molecule has 0 atom stereocenters. The van der Waals surface area contributed by atoms with Crippen molar-refractivity contribution >= 4 is 29.1 Å². The Morgan fingerprint density at radius 2 is 1.75 bits per heavy atom. The maximum atomic E-state index is 12.0. The second-order valence-electron chi connectivity index (χ2n) is 4.12. The molecule has 6 heteroatoms. The molecule has 1 aromatic carbocycles. The van der Waals surface area contributed by atoms with E-state index in [1.54, 1.807) is 12.1 Å². The summed E-state index contributed by atoms with van der Waals surface area (Å²) in [6.07, 6.45) is 0. The summed E-state index contributed by atoms with van der Waals surface area (Å²) in [5, 5.41) is 12.1. The molecule has 0 saturated heterocycles. The van der Waals surface area contributed by atoms with Gasteiger partial charge in [-0.05, 0) is 23.3 Å². The molecule has 0 unspecified atom stereocenters. The summed E-state index contributed by atoms with van der Waals surface area (Å²) in [5.41, 5.74) is 1.83. The van der Waals surface area contributed by atoms with Crippen LogP contribution in [-0.4, -0.2) is 16.0 Å². The number of carbonyl (C=O) groups excluding carboxylic acids is 1. The average molecular weight is 311 g/mol.